The highest BCUT2D eigenvalue weighted by Gasteiger charge is 2.45. The van der Waals surface area contributed by atoms with Crippen molar-refractivity contribution < 1.29 is 9.84 Å². The highest BCUT2D eigenvalue weighted by atomic mass is 16.5. The molecule has 0 amide bonds. The fraction of sp³-hybridized carbons (Fsp3) is 0.625. The van der Waals surface area contributed by atoms with Crippen LogP contribution in [0.2, 0.25) is 0 Å². The number of rotatable bonds is 4. The van der Waals surface area contributed by atoms with Crippen molar-refractivity contribution in [2.75, 3.05) is 6.54 Å². The molecule has 0 bridgehead atoms. The molecule has 1 heterocycles. The largest absolute Gasteiger partial charge is 0.387 e. The first-order chi connectivity index (χ1) is 8.80. The predicted molar refractivity (Wildman–Crippen MR) is 77.1 cm³/mol. The van der Waals surface area contributed by atoms with Crippen LogP contribution in [-0.2, 0) is 4.74 Å². The molecule has 1 fully saturated rings. The standard InChI is InChI=1S/C16H25NO2/c1-15(2)10-14(16(3,4)19-15)17-11-13(18)12-8-6-5-7-9-12/h5-9,13-14,17-18H,10-11H2,1-4H3. The average molecular weight is 263 g/mol. The summed E-state index contributed by atoms with van der Waals surface area (Å²) >= 11 is 0. The topological polar surface area (TPSA) is 41.5 Å². The minimum atomic E-state index is -0.472. The monoisotopic (exact) mass is 263 g/mol. The van der Waals surface area contributed by atoms with Crippen molar-refractivity contribution in [1.82, 2.24) is 5.32 Å². The molecule has 2 rings (SSSR count). The van der Waals surface area contributed by atoms with Crippen LogP contribution in [0.25, 0.3) is 0 Å². The molecule has 1 aliphatic rings. The van der Waals surface area contributed by atoms with Gasteiger partial charge in [-0.15, -0.1) is 0 Å². The van der Waals surface area contributed by atoms with Crippen LogP contribution in [0.3, 0.4) is 0 Å². The van der Waals surface area contributed by atoms with E-state index < -0.39 is 6.10 Å². The Hall–Kier alpha value is -0.900. The van der Waals surface area contributed by atoms with Crippen molar-refractivity contribution in [3.8, 4) is 0 Å². The summed E-state index contributed by atoms with van der Waals surface area (Å²) in [5.41, 5.74) is 0.657. The van der Waals surface area contributed by atoms with E-state index in [0.29, 0.717) is 6.54 Å². The molecule has 0 aromatic heterocycles. The molecule has 3 heteroatoms. The Morgan fingerprint density at radius 2 is 1.89 bits per heavy atom. The minimum Gasteiger partial charge on any atom is -0.387 e. The Bertz CT molecular complexity index is 414. The zero-order valence-electron chi connectivity index (χ0n) is 12.3. The van der Waals surface area contributed by atoms with Gasteiger partial charge in [-0.05, 0) is 39.7 Å². The first kappa shape index (κ1) is 14.5. The van der Waals surface area contributed by atoms with Gasteiger partial charge in [0.1, 0.15) is 0 Å². The van der Waals surface area contributed by atoms with Crippen LogP contribution in [0, 0.1) is 0 Å². The van der Waals surface area contributed by atoms with E-state index in [0.717, 1.165) is 12.0 Å². The number of nitrogens with one attached hydrogen (secondary N) is 1. The summed E-state index contributed by atoms with van der Waals surface area (Å²) < 4.78 is 6.04. The predicted octanol–water partition coefficient (Wildman–Crippen LogP) is 2.66. The number of hydrogen-bond donors (Lipinski definition) is 2. The highest BCUT2D eigenvalue weighted by molar-refractivity contribution is 5.17. The van der Waals surface area contributed by atoms with Crippen molar-refractivity contribution in [2.24, 2.45) is 0 Å². The van der Waals surface area contributed by atoms with Crippen molar-refractivity contribution >= 4 is 0 Å². The summed E-state index contributed by atoms with van der Waals surface area (Å²) in [6, 6.07) is 10.0. The van der Waals surface area contributed by atoms with E-state index in [1.165, 1.54) is 0 Å². The second-order valence-electron chi connectivity index (χ2n) is 6.56. The van der Waals surface area contributed by atoms with Crippen LogP contribution in [0.4, 0.5) is 0 Å². The van der Waals surface area contributed by atoms with Gasteiger partial charge in [-0.3, -0.25) is 0 Å². The molecule has 0 aliphatic carbocycles. The molecule has 106 valence electrons. The third kappa shape index (κ3) is 3.56. The van der Waals surface area contributed by atoms with Crippen LogP contribution in [0.15, 0.2) is 30.3 Å². The lowest BCUT2D eigenvalue weighted by Gasteiger charge is -2.28. The van der Waals surface area contributed by atoms with E-state index in [1.54, 1.807) is 0 Å². The lowest BCUT2D eigenvalue weighted by molar-refractivity contribution is -0.0702. The van der Waals surface area contributed by atoms with E-state index in [1.807, 2.05) is 30.3 Å². The molecule has 0 spiro atoms. The zero-order chi connectivity index (χ0) is 14.1. The molecule has 0 saturated carbocycles. The Labute approximate surface area is 116 Å². The summed E-state index contributed by atoms with van der Waals surface area (Å²) in [6.45, 7) is 8.99. The van der Waals surface area contributed by atoms with Gasteiger partial charge in [0.25, 0.3) is 0 Å². The maximum Gasteiger partial charge on any atom is 0.0914 e. The Balaban J connectivity index is 1.92. The van der Waals surface area contributed by atoms with Gasteiger partial charge in [-0.25, -0.2) is 0 Å². The first-order valence-corrected chi connectivity index (χ1v) is 6.97. The normalized spacial score (nSPS) is 26.3. The average Bonchev–Trinajstić information content (AvgIpc) is 2.55. The van der Waals surface area contributed by atoms with Gasteiger partial charge in [0.15, 0.2) is 0 Å². The molecule has 1 aliphatic heterocycles. The maximum atomic E-state index is 10.2. The molecular formula is C16H25NO2. The molecule has 19 heavy (non-hydrogen) atoms. The highest BCUT2D eigenvalue weighted by Crippen LogP contribution is 2.37. The zero-order valence-corrected chi connectivity index (χ0v) is 12.3. The Morgan fingerprint density at radius 1 is 1.26 bits per heavy atom. The van der Waals surface area contributed by atoms with Gasteiger partial charge < -0.3 is 15.2 Å². The van der Waals surface area contributed by atoms with Gasteiger partial charge >= 0.3 is 0 Å². The van der Waals surface area contributed by atoms with E-state index in [2.05, 4.69) is 33.0 Å². The van der Waals surface area contributed by atoms with E-state index in [4.69, 9.17) is 4.74 Å². The van der Waals surface area contributed by atoms with E-state index >= 15 is 0 Å². The summed E-state index contributed by atoms with van der Waals surface area (Å²) in [5, 5.41) is 13.6. The van der Waals surface area contributed by atoms with Gasteiger partial charge in [0.05, 0.1) is 17.3 Å². The second-order valence-corrected chi connectivity index (χ2v) is 6.56. The molecule has 2 unspecified atom stereocenters. The summed E-state index contributed by atoms with van der Waals surface area (Å²) in [4.78, 5) is 0. The summed E-state index contributed by atoms with van der Waals surface area (Å²) in [6.07, 6.45) is 0.488. The number of aliphatic hydroxyl groups is 1. The summed E-state index contributed by atoms with van der Waals surface area (Å²) in [5.74, 6) is 0. The smallest absolute Gasteiger partial charge is 0.0914 e. The third-order valence-electron chi connectivity index (χ3n) is 3.82. The number of hydrogen-bond acceptors (Lipinski definition) is 3. The molecule has 2 N–H and O–H groups in total. The molecular weight excluding hydrogens is 238 g/mol. The molecule has 1 aromatic rings. The van der Waals surface area contributed by atoms with Crippen molar-refractivity contribution in [2.45, 2.75) is 57.5 Å². The third-order valence-corrected chi connectivity index (χ3v) is 3.82. The number of ether oxygens (including phenoxy) is 1. The molecule has 3 nitrogen and oxygen atoms in total. The van der Waals surface area contributed by atoms with Crippen LogP contribution in [0.1, 0.15) is 45.8 Å². The molecule has 1 saturated heterocycles. The lowest BCUT2D eigenvalue weighted by Crippen LogP contribution is -2.44. The van der Waals surface area contributed by atoms with E-state index in [-0.39, 0.29) is 17.2 Å². The molecule has 2 atom stereocenters. The Morgan fingerprint density at radius 3 is 2.42 bits per heavy atom. The van der Waals surface area contributed by atoms with Gasteiger partial charge in [0.2, 0.25) is 0 Å². The second kappa shape index (κ2) is 5.23. The molecule has 0 radical (unpaired) electrons. The van der Waals surface area contributed by atoms with Gasteiger partial charge in [-0.1, -0.05) is 30.3 Å². The fourth-order valence-corrected chi connectivity index (χ4v) is 2.93. The fourth-order valence-electron chi connectivity index (χ4n) is 2.93. The van der Waals surface area contributed by atoms with Crippen molar-refractivity contribution in [1.29, 1.82) is 0 Å². The van der Waals surface area contributed by atoms with Crippen LogP contribution < -0.4 is 5.32 Å². The van der Waals surface area contributed by atoms with Crippen LogP contribution in [-0.4, -0.2) is 28.9 Å². The summed E-state index contributed by atoms with van der Waals surface area (Å²) in [7, 11) is 0. The van der Waals surface area contributed by atoms with Crippen LogP contribution in [0.5, 0.6) is 0 Å². The quantitative estimate of drug-likeness (QED) is 0.877. The minimum absolute atomic E-state index is 0.0983. The number of aliphatic hydroxyl groups excluding tert-OH is 1. The van der Waals surface area contributed by atoms with Gasteiger partial charge in [0, 0.05) is 12.6 Å². The Kier molecular flexibility index (Phi) is 4.00. The van der Waals surface area contributed by atoms with Crippen molar-refractivity contribution in [3.05, 3.63) is 35.9 Å². The number of benzene rings is 1. The molecule has 1 aromatic carbocycles. The SMILES string of the molecule is CC1(C)CC(NCC(O)c2ccccc2)C(C)(C)O1. The van der Waals surface area contributed by atoms with Crippen LogP contribution >= 0.6 is 0 Å². The lowest BCUT2D eigenvalue weighted by atomic mass is 9.94. The maximum absolute atomic E-state index is 10.2. The first-order valence-electron chi connectivity index (χ1n) is 6.97. The van der Waals surface area contributed by atoms with Crippen molar-refractivity contribution in [3.63, 3.8) is 0 Å². The van der Waals surface area contributed by atoms with Gasteiger partial charge in [-0.2, -0.15) is 0 Å². The van der Waals surface area contributed by atoms with E-state index in [9.17, 15) is 5.11 Å².